The topological polar surface area (TPSA) is 15.3 Å². The van der Waals surface area contributed by atoms with E-state index in [2.05, 4.69) is 17.1 Å². The van der Waals surface area contributed by atoms with Gasteiger partial charge in [-0.3, -0.25) is 4.90 Å². The Morgan fingerprint density at radius 2 is 1.68 bits per heavy atom. The molecule has 1 aliphatic carbocycles. The zero-order valence-corrected chi connectivity index (χ0v) is 13.0. The third-order valence-electron chi connectivity index (χ3n) is 5.20. The minimum Gasteiger partial charge on any atom is -0.315 e. The number of likely N-dealkylation sites (tertiary alicyclic amines) is 1. The molecule has 1 heterocycles. The molecule has 2 rings (SSSR count). The summed E-state index contributed by atoms with van der Waals surface area (Å²) in [5.41, 5.74) is 0. The van der Waals surface area contributed by atoms with Gasteiger partial charge in [0.25, 0.3) is 0 Å². The van der Waals surface area contributed by atoms with Crippen molar-refractivity contribution in [2.45, 2.75) is 77.2 Å². The molecule has 1 aliphatic heterocycles. The van der Waals surface area contributed by atoms with Crippen molar-refractivity contribution >= 4 is 0 Å². The van der Waals surface area contributed by atoms with Crippen molar-refractivity contribution in [3.05, 3.63) is 0 Å². The SMILES string of the molecule is CCC1CCCCCN1CCNCC1CCCCC1. The first-order chi connectivity index (χ1) is 9.40. The average molecular weight is 266 g/mol. The van der Waals surface area contributed by atoms with Crippen molar-refractivity contribution in [2.75, 3.05) is 26.2 Å². The maximum atomic E-state index is 3.73. The Labute approximate surface area is 120 Å². The summed E-state index contributed by atoms with van der Waals surface area (Å²) in [5, 5.41) is 3.73. The quantitative estimate of drug-likeness (QED) is 0.735. The Hall–Kier alpha value is -0.0800. The lowest BCUT2D eigenvalue weighted by atomic mass is 9.89. The summed E-state index contributed by atoms with van der Waals surface area (Å²) in [4.78, 5) is 2.75. The van der Waals surface area contributed by atoms with E-state index in [1.54, 1.807) is 0 Å². The molecule has 2 nitrogen and oxygen atoms in total. The lowest BCUT2D eigenvalue weighted by Gasteiger charge is -2.29. The second kappa shape index (κ2) is 8.97. The van der Waals surface area contributed by atoms with E-state index < -0.39 is 0 Å². The number of hydrogen-bond acceptors (Lipinski definition) is 2. The first-order valence-corrected chi connectivity index (χ1v) is 8.85. The second-order valence-electron chi connectivity index (χ2n) is 6.66. The second-order valence-corrected chi connectivity index (χ2v) is 6.66. The molecule has 1 saturated carbocycles. The van der Waals surface area contributed by atoms with E-state index in [0.717, 1.165) is 12.0 Å². The summed E-state index contributed by atoms with van der Waals surface area (Å²) in [6.45, 7) is 7.44. The largest absolute Gasteiger partial charge is 0.315 e. The van der Waals surface area contributed by atoms with Crippen LogP contribution in [0.2, 0.25) is 0 Å². The van der Waals surface area contributed by atoms with E-state index in [-0.39, 0.29) is 0 Å². The highest BCUT2D eigenvalue weighted by molar-refractivity contribution is 4.75. The van der Waals surface area contributed by atoms with Crippen LogP contribution in [0.5, 0.6) is 0 Å². The predicted octanol–water partition coefficient (Wildman–Crippen LogP) is 3.81. The average Bonchev–Trinajstić information content (AvgIpc) is 2.69. The van der Waals surface area contributed by atoms with Gasteiger partial charge in [-0.25, -0.2) is 0 Å². The van der Waals surface area contributed by atoms with E-state index in [4.69, 9.17) is 0 Å². The fourth-order valence-corrected chi connectivity index (χ4v) is 3.91. The molecule has 112 valence electrons. The van der Waals surface area contributed by atoms with Crippen LogP contribution in [0.15, 0.2) is 0 Å². The molecule has 0 aromatic carbocycles. The van der Waals surface area contributed by atoms with Crippen LogP contribution in [-0.2, 0) is 0 Å². The van der Waals surface area contributed by atoms with Crippen molar-refractivity contribution in [1.29, 1.82) is 0 Å². The summed E-state index contributed by atoms with van der Waals surface area (Å²) in [5.74, 6) is 0.972. The summed E-state index contributed by atoms with van der Waals surface area (Å²) < 4.78 is 0. The molecule has 2 aliphatic rings. The van der Waals surface area contributed by atoms with Crippen LogP contribution < -0.4 is 5.32 Å². The minimum atomic E-state index is 0.860. The van der Waals surface area contributed by atoms with Crippen LogP contribution >= 0.6 is 0 Å². The van der Waals surface area contributed by atoms with Gasteiger partial charge in [-0.15, -0.1) is 0 Å². The monoisotopic (exact) mass is 266 g/mol. The summed E-state index contributed by atoms with van der Waals surface area (Å²) in [6.07, 6.45) is 14.4. The number of nitrogens with zero attached hydrogens (tertiary/aromatic N) is 1. The predicted molar refractivity (Wildman–Crippen MR) is 83.6 cm³/mol. The zero-order valence-electron chi connectivity index (χ0n) is 13.0. The molecule has 1 saturated heterocycles. The van der Waals surface area contributed by atoms with Gasteiger partial charge in [-0.1, -0.05) is 39.0 Å². The van der Waals surface area contributed by atoms with Crippen LogP contribution in [0.4, 0.5) is 0 Å². The van der Waals surface area contributed by atoms with Gasteiger partial charge in [0.2, 0.25) is 0 Å². The highest BCUT2D eigenvalue weighted by Crippen LogP contribution is 2.22. The molecule has 2 fully saturated rings. The van der Waals surface area contributed by atoms with E-state index in [1.165, 1.54) is 90.4 Å². The van der Waals surface area contributed by atoms with E-state index >= 15 is 0 Å². The highest BCUT2D eigenvalue weighted by atomic mass is 15.2. The molecule has 1 atom stereocenters. The molecular weight excluding hydrogens is 232 g/mol. The third-order valence-corrected chi connectivity index (χ3v) is 5.20. The van der Waals surface area contributed by atoms with E-state index in [9.17, 15) is 0 Å². The third kappa shape index (κ3) is 5.43. The molecule has 0 aromatic rings. The lowest BCUT2D eigenvalue weighted by molar-refractivity contribution is 0.193. The van der Waals surface area contributed by atoms with Gasteiger partial charge < -0.3 is 5.32 Å². The van der Waals surface area contributed by atoms with Gasteiger partial charge in [0, 0.05) is 19.1 Å². The standard InChI is InChI=1S/C17H34N2/c1-2-17-11-7-4-8-13-19(17)14-12-18-15-16-9-5-3-6-10-16/h16-18H,2-15H2,1H3. The smallest absolute Gasteiger partial charge is 0.0110 e. The van der Waals surface area contributed by atoms with Gasteiger partial charge in [-0.05, 0) is 51.1 Å². The van der Waals surface area contributed by atoms with E-state index in [0.29, 0.717) is 0 Å². The summed E-state index contributed by atoms with van der Waals surface area (Å²) in [7, 11) is 0. The van der Waals surface area contributed by atoms with Crippen molar-refractivity contribution in [3.63, 3.8) is 0 Å². The Kier molecular flexibility index (Phi) is 7.23. The van der Waals surface area contributed by atoms with Crippen LogP contribution in [-0.4, -0.2) is 37.1 Å². The Bertz CT molecular complexity index is 223. The molecule has 0 aromatic heterocycles. The van der Waals surface area contributed by atoms with Crippen molar-refractivity contribution < 1.29 is 0 Å². The Balaban J connectivity index is 1.60. The Morgan fingerprint density at radius 3 is 2.47 bits per heavy atom. The van der Waals surface area contributed by atoms with Crippen molar-refractivity contribution in [3.8, 4) is 0 Å². The van der Waals surface area contributed by atoms with Crippen LogP contribution in [0.3, 0.4) is 0 Å². The van der Waals surface area contributed by atoms with E-state index in [1.807, 2.05) is 0 Å². The fourth-order valence-electron chi connectivity index (χ4n) is 3.91. The summed E-state index contributed by atoms with van der Waals surface area (Å²) >= 11 is 0. The van der Waals surface area contributed by atoms with Gasteiger partial charge in [-0.2, -0.15) is 0 Å². The number of rotatable bonds is 6. The van der Waals surface area contributed by atoms with Crippen molar-refractivity contribution in [1.82, 2.24) is 10.2 Å². The highest BCUT2D eigenvalue weighted by Gasteiger charge is 2.19. The molecule has 0 spiro atoms. The number of nitrogens with one attached hydrogen (secondary N) is 1. The zero-order chi connectivity index (χ0) is 13.3. The minimum absolute atomic E-state index is 0.860. The van der Waals surface area contributed by atoms with Crippen LogP contribution in [0, 0.1) is 5.92 Å². The molecule has 1 N–H and O–H groups in total. The summed E-state index contributed by atoms with van der Waals surface area (Å²) in [6, 6.07) is 0.860. The molecule has 19 heavy (non-hydrogen) atoms. The maximum Gasteiger partial charge on any atom is 0.0110 e. The molecule has 0 amide bonds. The van der Waals surface area contributed by atoms with Gasteiger partial charge in [0.15, 0.2) is 0 Å². The Morgan fingerprint density at radius 1 is 0.947 bits per heavy atom. The number of hydrogen-bond donors (Lipinski definition) is 1. The molecular formula is C17H34N2. The van der Waals surface area contributed by atoms with Gasteiger partial charge in [0.05, 0.1) is 0 Å². The lowest BCUT2D eigenvalue weighted by Crippen LogP contribution is -2.40. The normalized spacial score (nSPS) is 27.3. The fraction of sp³-hybridized carbons (Fsp3) is 1.00. The molecule has 0 bridgehead atoms. The first-order valence-electron chi connectivity index (χ1n) is 8.85. The molecule has 2 heteroatoms. The van der Waals surface area contributed by atoms with Crippen LogP contribution in [0.25, 0.3) is 0 Å². The molecule has 1 unspecified atom stereocenters. The first kappa shape index (κ1) is 15.3. The van der Waals surface area contributed by atoms with Crippen LogP contribution in [0.1, 0.15) is 71.1 Å². The maximum absolute atomic E-state index is 3.73. The molecule has 0 radical (unpaired) electrons. The van der Waals surface area contributed by atoms with Gasteiger partial charge in [0.1, 0.15) is 0 Å². The van der Waals surface area contributed by atoms with Crippen molar-refractivity contribution in [2.24, 2.45) is 5.92 Å². The van der Waals surface area contributed by atoms with Gasteiger partial charge >= 0.3 is 0 Å².